The van der Waals surface area contributed by atoms with Gasteiger partial charge in [-0.2, -0.15) is 0 Å². The molecule has 0 saturated carbocycles. The molecule has 0 aliphatic heterocycles. The Kier molecular flexibility index (Phi) is 3.71. The molecule has 0 bridgehead atoms. The maximum Gasteiger partial charge on any atom is 0.122 e. The predicted molar refractivity (Wildman–Crippen MR) is 69.1 cm³/mol. The molecule has 1 aromatic rings. The van der Waals surface area contributed by atoms with Crippen LogP contribution >= 0.6 is 0 Å². The molecule has 1 nitrogen and oxygen atoms in total. The quantitative estimate of drug-likeness (QED) is 0.695. The number of rotatable bonds is 4. The molecular weight excluding hydrogens is 195 g/mol. The lowest BCUT2D eigenvalue weighted by molar-refractivity contribution is 0.409. The second kappa shape index (κ2) is 5.24. The van der Waals surface area contributed by atoms with Gasteiger partial charge in [0.2, 0.25) is 0 Å². The van der Waals surface area contributed by atoms with Gasteiger partial charge in [-0.1, -0.05) is 30.9 Å². The summed E-state index contributed by atoms with van der Waals surface area (Å²) in [4.78, 5) is 0. The van der Waals surface area contributed by atoms with E-state index in [1.54, 1.807) is 7.11 Å². The van der Waals surface area contributed by atoms with Crippen LogP contribution in [0.4, 0.5) is 0 Å². The Balaban J connectivity index is 2.31. The van der Waals surface area contributed by atoms with Crippen LogP contribution in [0.5, 0.6) is 5.75 Å². The zero-order valence-electron chi connectivity index (χ0n) is 9.83. The van der Waals surface area contributed by atoms with E-state index in [4.69, 9.17) is 12.6 Å². The number of ether oxygens (including phenoxy) is 1. The molecule has 0 unspecified atom stereocenters. The van der Waals surface area contributed by atoms with Gasteiger partial charge < -0.3 is 4.74 Å². The van der Waals surface area contributed by atoms with Crippen molar-refractivity contribution in [2.75, 3.05) is 7.11 Å². The Hall–Kier alpha value is -1.18. The highest BCUT2D eigenvalue weighted by molar-refractivity contribution is 6.08. The lowest BCUT2D eigenvalue weighted by Crippen LogP contribution is -2.02. The van der Waals surface area contributed by atoms with Gasteiger partial charge in [-0.3, -0.25) is 0 Å². The van der Waals surface area contributed by atoms with E-state index in [1.807, 2.05) is 6.07 Å². The highest BCUT2D eigenvalue weighted by atomic mass is 16.5. The minimum Gasteiger partial charge on any atom is -0.496 e. The minimum absolute atomic E-state index is 0.761. The maximum absolute atomic E-state index is 5.57. The van der Waals surface area contributed by atoms with E-state index in [1.165, 1.54) is 16.7 Å². The van der Waals surface area contributed by atoms with Gasteiger partial charge in [-0.25, -0.2) is 0 Å². The average molecular weight is 212 g/mol. The zero-order chi connectivity index (χ0) is 11.4. The van der Waals surface area contributed by atoms with Crippen LogP contribution in [-0.4, -0.2) is 15.0 Å². The Morgan fingerprint density at radius 3 is 3.00 bits per heavy atom. The van der Waals surface area contributed by atoms with Crippen LogP contribution in [0.25, 0.3) is 5.57 Å². The number of hydrogen-bond donors (Lipinski definition) is 0. The van der Waals surface area contributed by atoms with Gasteiger partial charge in [-0.05, 0) is 36.5 Å². The van der Waals surface area contributed by atoms with Crippen LogP contribution in [0.3, 0.4) is 0 Å². The largest absolute Gasteiger partial charge is 0.496 e. The predicted octanol–water partition coefficient (Wildman–Crippen LogP) is 3.39. The van der Waals surface area contributed by atoms with E-state index in [0.717, 1.165) is 37.8 Å². The molecule has 1 aliphatic carbocycles. The second-order valence-electron chi connectivity index (χ2n) is 4.15. The lowest BCUT2D eigenvalue weighted by atomic mass is 9.86. The van der Waals surface area contributed by atoms with Crippen LogP contribution in [0, 0.1) is 0 Å². The highest BCUT2D eigenvalue weighted by Crippen LogP contribution is 2.34. The van der Waals surface area contributed by atoms with Crippen LogP contribution in [0.1, 0.15) is 30.4 Å². The monoisotopic (exact) mass is 212 g/mol. The maximum atomic E-state index is 5.57. The normalized spacial score (nSPS) is 14.2. The zero-order valence-corrected chi connectivity index (χ0v) is 9.83. The molecule has 0 atom stereocenters. The number of benzene rings is 1. The first-order chi connectivity index (χ1) is 7.86. The van der Waals surface area contributed by atoms with Gasteiger partial charge >= 0.3 is 0 Å². The smallest absolute Gasteiger partial charge is 0.122 e. The van der Waals surface area contributed by atoms with Crippen molar-refractivity contribution >= 4 is 13.4 Å². The molecule has 0 saturated heterocycles. The topological polar surface area (TPSA) is 9.23 Å². The van der Waals surface area contributed by atoms with Gasteiger partial charge in [0.25, 0.3) is 0 Å². The molecule has 0 heterocycles. The molecule has 82 valence electrons. The summed E-state index contributed by atoms with van der Waals surface area (Å²) >= 11 is 0. The molecule has 1 aromatic carbocycles. The Labute approximate surface area is 98.9 Å². The molecule has 0 spiro atoms. The standard InChI is InChI=1S/C14H17BO/c1-16-14-9-3-7-12-11(6-4-10-15)5-2-8-13(12)14/h3,5,7,9H,2,4,6,8,10H2,1H3. The van der Waals surface area contributed by atoms with Crippen molar-refractivity contribution in [2.24, 2.45) is 0 Å². The minimum atomic E-state index is 0.761. The third kappa shape index (κ3) is 2.16. The Bertz CT molecular complexity index is 396. The fourth-order valence-electron chi connectivity index (χ4n) is 2.35. The fraction of sp³-hybridized carbons (Fsp3) is 0.429. The SMILES string of the molecule is [B]CCCC1=CCCc2c(OC)cccc21. The third-order valence-corrected chi connectivity index (χ3v) is 3.13. The number of fused-ring (bicyclic) bond motifs is 1. The van der Waals surface area contributed by atoms with Crippen molar-refractivity contribution in [3.63, 3.8) is 0 Å². The van der Waals surface area contributed by atoms with Crippen molar-refractivity contribution in [2.45, 2.75) is 32.0 Å². The third-order valence-electron chi connectivity index (χ3n) is 3.13. The Morgan fingerprint density at radius 2 is 2.25 bits per heavy atom. The summed E-state index contributed by atoms with van der Waals surface area (Å²) in [7, 11) is 7.31. The van der Waals surface area contributed by atoms with Gasteiger partial charge in [-0.15, -0.1) is 0 Å². The summed E-state index contributed by atoms with van der Waals surface area (Å²) in [6.07, 6.45) is 7.45. The molecule has 2 radical (unpaired) electrons. The second-order valence-corrected chi connectivity index (χ2v) is 4.15. The van der Waals surface area contributed by atoms with E-state index in [9.17, 15) is 0 Å². The van der Waals surface area contributed by atoms with E-state index in [0.29, 0.717) is 0 Å². The molecule has 1 aliphatic rings. The van der Waals surface area contributed by atoms with E-state index < -0.39 is 0 Å². The van der Waals surface area contributed by atoms with Gasteiger partial charge in [0.05, 0.1) is 15.0 Å². The summed E-state index contributed by atoms with van der Waals surface area (Å²) in [5, 5.41) is 0. The fourth-order valence-corrected chi connectivity index (χ4v) is 2.35. The van der Waals surface area contributed by atoms with Crippen molar-refractivity contribution < 1.29 is 4.74 Å². The number of methoxy groups -OCH3 is 1. The van der Waals surface area contributed by atoms with Crippen LogP contribution in [0.15, 0.2) is 24.3 Å². The first-order valence-electron chi connectivity index (χ1n) is 5.92. The summed E-state index contributed by atoms with van der Waals surface area (Å²) in [6.45, 7) is 0. The summed E-state index contributed by atoms with van der Waals surface area (Å²) in [5.41, 5.74) is 4.16. The van der Waals surface area contributed by atoms with Crippen molar-refractivity contribution in [3.05, 3.63) is 35.4 Å². The van der Waals surface area contributed by atoms with E-state index in [2.05, 4.69) is 18.2 Å². The van der Waals surface area contributed by atoms with Gasteiger partial charge in [0, 0.05) is 5.56 Å². The van der Waals surface area contributed by atoms with Gasteiger partial charge in [0.1, 0.15) is 5.75 Å². The molecule has 0 fully saturated rings. The summed E-state index contributed by atoms with van der Waals surface area (Å²) in [6, 6.07) is 6.31. The lowest BCUT2D eigenvalue weighted by Gasteiger charge is -2.20. The summed E-state index contributed by atoms with van der Waals surface area (Å²) in [5.74, 6) is 1.02. The van der Waals surface area contributed by atoms with E-state index in [-0.39, 0.29) is 0 Å². The van der Waals surface area contributed by atoms with E-state index >= 15 is 0 Å². The molecule has 16 heavy (non-hydrogen) atoms. The first kappa shape index (κ1) is 11.3. The number of hydrogen-bond acceptors (Lipinski definition) is 1. The van der Waals surface area contributed by atoms with Crippen LogP contribution < -0.4 is 4.74 Å². The number of allylic oxidation sites excluding steroid dienone is 2. The van der Waals surface area contributed by atoms with Crippen molar-refractivity contribution in [1.29, 1.82) is 0 Å². The average Bonchev–Trinajstić information content (AvgIpc) is 2.35. The first-order valence-corrected chi connectivity index (χ1v) is 5.92. The van der Waals surface area contributed by atoms with Crippen LogP contribution in [-0.2, 0) is 6.42 Å². The molecule has 2 rings (SSSR count). The molecular formula is C14H17BO. The highest BCUT2D eigenvalue weighted by Gasteiger charge is 2.15. The Morgan fingerprint density at radius 1 is 1.38 bits per heavy atom. The molecule has 0 amide bonds. The molecule has 0 aromatic heterocycles. The molecule has 2 heteroatoms. The van der Waals surface area contributed by atoms with Crippen molar-refractivity contribution in [1.82, 2.24) is 0 Å². The molecule has 0 N–H and O–H groups in total. The van der Waals surface area contributed by atoms with Gasteiger partial charge in [0.15, 0.2) is 0 Å². The van der Waals surface area contributed by atoms with Crippen molar-refractivity contribution in [3.8, 4) is 5.75 Å². The van der Waals surface area contributed by atoms with Crippen LogP contribution in [0.2, 0.25) is 6.32 Å². The summed E-state index contributed by atoms with van der Waals surface area (Å²) < 4.78 is 5.41.